The van der Waals surface area contributed by atoms with Gasteiger partial charge in [-0.15, -0.1) is 0 Å². The molecule has 1 saturated heterocycles. The van der Waals surface area contributed by atoms with Crippen molar-refractivity contribution in [3.63, 3.8) is 0 Å². The zero-order chi connectivity index (χ0) is 21.1. The van der Waals surface area contributed by atoms with Crippen LogP contribution < -0.4 is 4.89 Å². The van der Waals surface area contributed by atoms with Crippen molar-refractivity contribution < 1.29 is 37.8 Å². The third-order valence-corrected chi connectivity index (χ3v) is 5.71. The summed E-state index contributed by atoms with van der Waals surface area (Å²) in [6, 6.07) is -0.546. The first-order valence-electron chi connectivity index (χ1n) is 9.70. The zero-order valence-electron chi connectivity index (χ0n) is 17.0. The highest BCUT2D eigenvalue weighted by Crippen LogP contribution is 2.49. The zero-order valence-corrected chi connectivity index (χ0v) is 17.9. The van der Waals surface area contributed by atoms with Crippen LogP contribution in [0.25, 0.3) is 0 Å². The number of hydrogen-bond donors (Lipinski definition) is 1. The average molecular weight is 415 g/mol. The fourth-order valence-electron chi connectivity index (χ4n) is 3.51. The smallest absolute Gasteiger partial charge is 0.268 e. The molecule has 28 heavy (non-hydrogen) atoms. The van der Waals surface area contributed by atoms with Crippen LogP contribution in [0.2, 0.25) is 5.82 Å². The van der Waals surface area contributed by atoms with E-state index >= 15 is 0 Å². The van der Waals surface area contributed by atoms with Gasteiger partial charge in [-0.1, -0.05) is 5.82 Å². The highest BCUT2D eigenvalue weighted by Gasteiger charge is 2.47. The van der Waals surface area contributed by atoms with E-state index in [1.807, 2.05) is 27.7 Å². The first-order valence-corrected chi connectivity index (χ1v) is 11.2. The van der Waals surface area contributed by atoms with E-state index in [2.05, 4.69) is 0 Å². The Morgan fingerprint density at radius 2 is 1.93 bits per heavy atom. The molecule has 2 rings (SSSR count). The van der Waals surface area contributed by atoms with Gasteiger partial charge < -0.3 is 33.3 Å². The molecule has 8 nitrogen and oxygen atoms in total. The lowest BCUT2D eigenvalue weighted by Crippen LogP contribution is -2.44. The summed E-state index contributed by atoms with van der Waals surface area (Å²) >= 11 is 0. The van der Waals surface area contributed by atoms with Gasteiger partial charge >= 0.3 is 0 Å². The molecule has 158 valence electrons. The van der Waals surface area contributed by atoms with Crippen molar-refractivity contribution in [2.45, 2.75) is 94.9 Å². The molecule has 0 aromatic carbocycles. The molecule has 7 atom stereocenters. The summed E-state index contributed by atoms with van der Waals surface area (Å²) in [5.74, 6) is -0.397. The summed E-state index contributed by atoms with van der Waals surface area (Å²) in [4.78, 5) is 12.3. The molecule has 0 aromatic rings. The van der Waals surface area contributed by atoms with Crippen molar-refractivity contribution in [3.05, 3.63) is 0 Å². The van der Waals surface area contributed by atoms with Crippen molar-refractivity contribution in [1.29, 1.82) is 0 Å². The van der Waals surface area contributed by atoms with E-state index in [0.29, 0.717) is 6.42 Å². The summed E-state index contributed by atoms with van der Waals surface area (Å²) in [6.45, 7) is 7.01. The summed E-state index contributed by atoms with van der Waals surface area (Å²) in [6.07, 6.45) is -1.43. The van der Waals surface area contributed by atoms with Gasteiger partial charge in [0.15, 0.2) is 0 Å². The Morgan fingerprint density at radius 3 is 2.54 bits per heavy atom. The Kier molecular flexibility index (Phi) is 8.63. The fourth-order valence-corrected chi connectivity index (χ4v) is 4.49. The molecule has 1 heterocycles. The van der Waals surface area contributed by atoms with Gasteiger partial charge in [0.2, 0.25) is 0 Å². The van der Waals surface area contributed by atoms with Crippen LogP contribution in [-0.4, -0.2) is 76.1 Å². The van der Waals surface area contributed by atoms with Crippen LogP contribution in [-0.2, 0) is 27.8 Å². The minimum atomic E-state index is -4.73. The Hall–Kier alpha value is 0.0799. The van der Waals surface area contributed by atoms with E-state index in [1.165, 1.54) is 0 Å². The second-order valence-corrected chi connectivity index (χ2v) is 9.54. The number of phosphoric acid groups is 1. The molecule has 2 fully saturated rings. The summed E-state index contributed by atoms with van der Waals surface area (Å²) < 4.78 is 39.2. The van der Waals surface area contributed by atoms with Gasteiger partial charge in [0, 0.05) is 6.00 Å². The van der Waals surface area contributed by atoms with Gasteiger partial charge in [0.25, 0.3) is 7.82 Å². The first-order chi connectivity index (χ1) is 12.9. The first kappa shape index (κ1) is 24.4. The highest BCUT2D eigenvalue weighted by molar-refractivity contribution is 7.45. The molecule has 0 aromatic heterocycles. The second-order valence-electron chi connectivity index (χ2n) is 8.17. The molecule has 0 bridgehead atoms. The molecule has 1 saturated carbocycles. The van der Waals surface area contributed by atoms with Crippen molar-refractivity contribution in [3.8, 4) is 0 Å². The highest BCUT2D eigenvalue weighted by atomic mass is 31.2. The minimum absolute atomic E-state index is 0.0624. The quantitative estimate of drug-likeness (QED) is 0.414. The van der Waals surface area contributed by atoms with Crippen LogP contribution in [0.5, 0.6) is 0 Å². The maximum atomic E-state index is 12.3. The van der Waals surface area contributed by atoms with E-state index < -0.39 is 37.5 Å². The van der Waals surface area contributed by atoms with Crippen LogP contribution in [0, 0.1) is 0 Å². The summed E-state index contributed by atoms with van der Waals surface area (Å²) in [5.41, 5.74) is -1.50. The number of phosphoric ester groups is 1. The Morgan fingerprint density at radius 1 is 1.25 bits per heavy atom. The lowest BCUT2D eigenvalue weighted by molar-refractivity contribution is -0.240. The van der Waals surface area contributed by atoms with Crippen LogP contribution in [0.3, 0.4) is 0 Å². The molecule has 4 radical (unpaired) electrons. The molecule has 1 aliphatic heterocycles. The normalized spacial score (nSPS) is 38.4. The molecule has 1 N–H and O–H groups in total. The summed E-state index contributed by atoms with van der Waals surface area (Å²) in [7, 11) is 6.95. The third-order valence-electron chi connectivity index (χ3n) is 4.73. The molecule has 11 heteroatoms. The number of ether oxygens (including phenoxy) is 3. The van der Waals surface area contributed by atoms with Crippen molar-refractivity contribution in [2.75, 3.05) is 13.2 Å². The second kappa shape index (κ2) is 9.92. The van der Waals surface area contributed by atoms with E-state index in [1.54, 1.807) is 0 Å². The predicted molar refractivity (Wildman–Crippen MR) is 102 cm³/mol. The van der Waals surface area contributed by atoms with Crippen molar-refractivity contribution >= 4 is 23.5 Å². The van der Waals surface area contributed by atoms with Crippen LogP contribution in [0.1, 0.15) is 47.0 Å². The van der Waals surface area contributed by atoms with E-state index in [-0.39, 0.29) is 44.4 Å². The summed E-state index contributed by atoms with van der Waals surface area (Å²) in [5, 5.41) is 10.8. The fraction of sp³-hybridized carbons (Fsp3) is 1.00. The van der Waals surface area contributed by atoms with Crippen molar-refractivity contribution in [1.82, 2.24) is 0 Å². The lowest BCUT2D eigenvalue weighted by Gasteiger charge is -2.35. The van der Waals surface area contributed by atoms with Gasteiger partial charge in [-0.25, -0.2) is 0 Å². The maximum Gasteiger partial charge on any atom is 0.268 e. The SMILES string of the molecule is [B]C1CC(OP(=O)([O-])OCC2OC([B])CC2OC(C)C)C(O)(COC(C)C)C1. The standard InChI is InChI=1S/C17H31B2O8P/c1-10(2)23-9-17(20)7-12(18)5-15(17)27-28(21,22)24-8-14-13(25-11(3)4)6-16(19)26-14/h10-16,20H,5-9H2,1-4H3,(H,21,22)/p-1. The van der Waals surface area contributed by atoms with Gasteiger partial charge in [0.05, 0.1) is 45.5 Å². The molecular formula is C17H30B2O8P-. The molecular weight excluding hydrogens is 385 g/mol. The number of rotatable bonds is 10. The average Bonchev–Trinajstić information content (AvgIpc) is 3.02. The lowest BCUT2D eigenvalue weighted by atomic mass is 9.85. The van der Waals surface area contributed by atoms with Gasteiger partial charge in [-0.3, -0.25) is 4.57 Å². The van der Waals surface area contributed by atoms with E-state index in [0.717, 1.165) is 0 Å². The third kappa shape index (κ3) is 7.10. The predicted octanol–water partition coefficient (Wildman–Crippen LogP) is 0.841. The van der Waals surface area contributed by atoms with Gasteiger partial charge in [-0.05, 0) is 47.0 Å². The largest absolute Gasteiger partial charge is 0.756 e. The van der Waals surface area contributed by atoms with Crippen LogP contribution in [0.15, 0.2) is 0 Å². The molecule has 0 amide bonds. The topological polar surface area (TPSA) is 107 Å². The van der Waals surface area contributed by atoms with Crippen LogP contribution >= 0.6 is 7.82 Å². The Bertz CT molecular complexity index is 551. The minimum Gasteiger partial charge on any atom is -0.756 e. The van der Waals surface area contributed by atoms with Crippen molar-refractivity contribution in [2.24, 2.45) is 0 Å². The Labute approximate surface area is 170 Å². The Balaban J connectivity index is 1.93. The van der Waals surface area contributed by atoms with Gasteiger partial charge in [0.1, 0.15) is 19.6 Å². The number of aliphatic hydroxyl groups is 1. The van der Waals surface area contributed by atoms with Crippen LogP contribution in [0.4, 0.5) is 0 Å². The maximum absolute atomic E-state index is 12.3. The molecule has 2 aliphatic rings. The molecule has 7 unspecified atom stereocenters. The van der Waals surface area contributed by atoms with E-state index in [9.17, 15) is 14.6 Å². The molecule has 1 aliphatic carbocycles. The van der Waals surface area contributed by atoms with E-state index in [4.69, 9.17) is 39.0 Å². The monoisotopic (exact) mass is 415 g/mol. The number of hydrogen-bond acceptors (Lipinski definition) is 8. The van der Waals surface area contributed by atoms with Gasteiger partial charge in [-0.2, -0.15) is 0 Å². The molecule has 0 spiro atoms.